The summed E-state index contributed by atoms with van der Waals surface area (Å²) in [4.78, 5) is 24.8. The fourth-order valence-corrected chi connectivity index (χ4v) is 2.69. The molecule has 1 N–H and O–H groups in total. The van der Waals surface area contributed by atoms with E-state index in [1.54, 1.807) is 17.4 Å². The second-order valence-corrected chi connectivity index (χ2v) is 5.78. The van der Waals surface area contributed by atoms with Crippen molar-refractivity contribution in [2.45, 2.75) is 12.8 Å². The Morgan fingerprint density at radius 1 is 1.33 bits per heavy atom. The van der Waals surface area contributed by atoms with Crippen LogP contribution in [0.15, 0.2) is 35.7 Å². The summed E-state index contributed by atoms with van der Waals surface area (Å²) in [5.74, 6) is -0.684. The van der Waals surface area contributed by atoms with Crippen LogP contribution in [-0.4, -0.2) is 19.0 Å². The first-order chi connectivity index (χ1) is 10.1. The van der Waals surface area contributed by atoms with Crippen molar-refractivity contribution in [3.8, 4) is 0 Å². The molecule has 110 valence electrons. The van der Waals surface area contributed by atoms with Gasteiger partial charge in [0.1, 0.15) is 0 Å². The molecule has 0 atom stereocenters. The van der Waals surface area contributed by atoms with Gasteiger partial charge in [-0.05, 0) is 36.1 Å². The Labute approximate surface area is 131 Å². The zero-order valence-corrected chi connectivity index (χ0v) is 13.0. The minimum atomic E-state index is -0.514. The van der Waals surface area contributed by atoms with Crippen LogP contribution in [0, 0.1) is 0 Å². The highest BCUT2D eigenvalue weighted by atomic mass is 35.5. The van der Waals surface area contributed by atoms with E-state index < -0.39 is 5.97 Å². The number of hydrogen-bond acceptors (Lipinski definition) is 4. The minimum Gasteiger partial charge on any atom is -0.465 e. The molecular formula is C15H14ClNO3S. The van der Waals surface area contributed by atoms with Gasteiger partial charge in [0.15, 0.2) is 0 Å². The topological polar surface area (TPSA) is 55.4 Å². The van der Waals surface area contributed by atoms with Crippen molar-refractivity contribution >= 4 is 40.5 Å². The number of anilines is 1. The third-order valence-electron chi connectivity index (χ3n) is 2.84. The van der Waals surface area contributed by atoms with Gasteiger partial charge in [-0.15, -0.1) is 11.3 Å². The molecule has 0 saturated carbocycles. The van der Waals surface area contributed by atoms with Crippen molar-refractivity contribution in [3.63, 3.8) is 0 Å². The molecule has 0 unspecified atom stereocenters. The first kappa shape index (κ1) is 15.5. The zero-order chi connectivity index (χ0) is 15.2. The predicted molar refractivity (Wildman–Crippen MR) is 84.1 cm³/mol. The van der Waals surface area contributed by atoms with E-state index in [4.69, 9.17) is 11.6 Å². The number of hydrogen-bond donors (Lipinski definition) is 1. The SMILES string of the molecule is COC(=O)c1ccc(Cl)cc1NC(=O)CCc1cccs1. The molecule has 2 aromatic rings. The molecule has 1 aromatic heterocycles. The Morgan fingerprint density at radius 3 is 2.81 bits per heavy atom. The van der Waals surface area contributed by atoms with E-state index in [0.717, 1.165) is 4.88 Å². The van der Waals surface area contributed by atoms with Gasteiger partial charge in [0.2, 0.25) is 5.91 Å². The summed E-state index contributed by atoms with van der Waals surface area (Å²) in [7, 11) is 1.29. The van der Waals surface area contributed by atoms with E-state index in [-0.39, 0.29) is 11.5 Å². The van der Waals surface area contributed by atoms with Gasteiger partial charge >= 0.3 is 5.97 Å². The molecule has 0 aliphatic carbocycles. The number of amides is 1. The molecule has 0 bridgehead atoms. The fourth-order valence-electron chi connectivity index (χ4n) is 1.81. The molecule has 21 heavy (non-hydrogen) atoms. The molecule has 0 spiro atoms. The van der Waals surface area contributed by atoms with Crippen molar-refractivity contribution < 1.29 is 14.3 Å². The van der Waals surface area contributed by atoms with Crippen LogP contribution in [0.5, 0.6) is 0 Å². The number of carbonyl (C=O) groups excluding carboxylic acids is 2. The van der Waals surface area contributed by atoms with Gasteiger partial charge in [-0.2, -0.15) is 0 Å². The van der Waals surface area contributed by atoms with Gasteiger partial charge in [0.05, 0.1) is 18.4 Å². The lowest BCUT2D eigenvalue weighted by Crippen LogP contribution is -2.15. The Hall–Kier alpha value is -1.85. The molecule has 0 radical (unpaired) electrons. The van der Waals surface area contributed by atoms with Gasteiger partial charge in [0, 0.05) is 16.3 Å². The number of carbonyl (C=O) groups is 2. The van der Waals surface area contributed by atoms with E-state index in [1.165, 1.54) is 19.2 Å². The monoisotopic (exact) mass is 323 g/mol. The molecule has 1 aromatic carbocycles. The van der Waals surface area contributed by atoms with E-state index >= 15 is 0 Å². The number of halogens is 1. The molecule has 6 heteroatoms. The highest BCUT2D eigenvalue weighted by Gasteiger charge is 2.14. The number of ether oxygens (including phenoxy) is 1. The summed E-state index contributed by atoms with van der Waals surface area (Å²) < 4.78 is 4.69. The standard InChI is InChI=1S/C15H14ClNO3S/c1-20-15(19)12-6-4-10(16)9-13(12)17-14(18)7-5-11-3-2-8-21-11/h2-4,6,8-9H,5,7H2,1H3,(H,17,18). The summed E-state index contributed by atoms with van der Waals surface area (Å²) in [6.07, 6.45) is 1.01. The minimum absolute atomic E-state index is 0.171. The molecule has 1 amide bonds. The molecular weight excluding hydrogens is 310 g/mol. The van der Waals surface area contributed by atoms with E-state index in [2.05, 4.69) is 10.1 Å². The van der Waals surface area contributed by atoms with Crippen LogP contribution in [-0.2, 0) is 16.0 Å². The smallest absolute Gasteiger partial charge is 0.339 e. The lowest BCUT2D eigenvalue weighted by Gasteiger charge is -2.10. The lowest BCUT2D eigenvalue weighted by atomic mass is 10.1. The van der Waals surface area contributed by atoms with Crippen molar-refractivity contribution in [1.29, 1.82) is 0 Å². The maximum Gasteiger partial charge on any atom is 0.339 e. The highest BCUT2D eigenvalue weighted by molar-refractivity contribution is 7.09. The largest absolute Gasteiger partial charge is 0.465 e. The average molecular weight is 324 g/mol. The number of benzene rings is 1. The number of methoxy groups -OCH3 is 1. The van der Waals surface area contributed by atoms with Gasteiger partial charge in [-0.1, -0.05) is 17.7 Å². The van der Waals surface area contributed by atoms with Crippen LogP contribution in [0.1, 0.15) is 21.7 Å². The molecule has 0 fully saturated rings. The summed E-state index contributed by atoms with van der Waals surface area (Å²) in [6.45, 7) is 0. The highest BCUT2D eigenvalue weighted by Crippen LogP contribution is 2.22. The van der Waals surface area contributed by atoms with Gasteiger partial charge in [-0.25, -0.2) is 4.79 Å². The lowest BCUT2D eigenvalue weighted by molar-refractivity contribution is -0.116. The molecule has 0 aliphatic heterocycles. The van der Waals surface area contributed by atoms with Crippen molar-refractivity contribution in [2.24, 2.45) is 0 Å². The summed E-state index contributed by atoms with van der Waals surface area (Å²) in [5.41, 5.74) is 0.650. The Morgan fingerprint density at radius 2 is 2.14 bits per heavy atom. The molecule has 4 nitrogen and oxygen atoms in total. The van der Waals surface area contributed by atoms with Crippen LogP contribution in [0.2, 0.25) is 5.02 Å². The second kappa shape index (κ2) is 7.24. The first-order valence-corrected chi connectivity index (χ1v) is 7.56. The Balaban J connectivity index is 2.05. The quantitative estimate of drug-likeness (QED) is 0.852. The van der Waals surface area contributed by atoms with Crippen molar-refractivity contribution in [3.05, 3.63) is 51.2 Å². The van der Waals surface area contributed by atoms with Crippen LogP contribution in [0.4, 0.5) is 5.69 Å². The molecule has 1 heterocycles. The molecule has 0 aliphatic rings. The van der Waals surface area contributed by atoms with E-state index in [1.807, 2.05) is 17.5 Å². The van der Waals surface area contributed by atoms with Crippen LogP contribution < -0.4 is 5.32 Å². The second-order valence-electron chi connectivity index (χ2n) is 4.31. The number of thiophene rings is 1. The average Bonchev–Trinajstić information content (AvgIpc) is 2.98. The summed E-state index contributed by atoms with van der Waals surface area (Å²) in [5, 5.41) is 5.12. The maximum atomic E-state index is 12.0. The fraction of sp³-hybridized carbons (Fsp3) is 0.200. The van der Waals surface area contributed by atoms with Crippen molar-refractivity contribution in [2.75, 3.05) is 12.4 Å². The number of nitrogens with one attached hydrogen (secondary N) is 1. The third-order valence-corrected chi connectivity index (χ3v) is 4.01. The van der Waals surface area contributed by atoms with E-state index in [0.29, 0.717) is 23.6 Å². The van der Waals surface area contributed by atoms with Gasteiger partial charge in [-0.3, -0.25) is 4.79 Å². The summed E-state index contributed by atoms with van der Waals surface area (Å²) >= 11 is 7.51. The molecule has 0 saturated heterocycles. The Bertz CT molecular complexity index is 640. The van der Waals surface area contributed by atoms with Gasteiger partial charge < -0.3 is 10.1 Å². The number of aryl methyl sites for hydroxylation is 1. The third kappa shape index (κ3) is 4.31. The van der Waals surface area contributed by atoms with Crippen molar-refractivity contribution in [1.82, 2.24) is 0 Å². The number of esters is 1. The van der Waals surface area contributed by atoms with E-state index in [9.17, 15) is 9.59 Å². The first-order valence-electron chi connectivity index (χ1n) is 6.30. The normalized spacial score (nSPS) is 10.2. The maximum absolute atomic E-state index is 12.0. The van der Waals surface area contributed by atoms with Crippen LogP contribution in [0.25, 0.3) is 0 Å². The van der Waals surface area contributed by atoms with Crippen LogP contribution >= 0.6 is 22.9 Å². The number of rotatable bonds is 5. The van der Waals surface area contributed by atoms with Gasteiger partial charge in [0.25, 0.3) is 0 Å². The predicted octanol–water partition coefficient (Wildman–Crippen LogP) is 3.76. The van der Waals surface area contributed by atoms with Crippen LogP contribution in [0.3, 0.4) is 0 Å². The summed E-state index contributed by atoms with van der Waals surface area (Å²) in [6, 6.07) is 8.58. The zero-order valence-electron chi connectivity index (χ0n) is 11.4. The molecule has 2 rings (SSSR count). The Kier molecular flexibility index (Phi) is 5.36.